The van der Waals surface area contributed by atoms with E-state index in [1.165, 1.54) is 5.56 Å². The molecule has 28 heavy (non-hydrogen) atoms. The minimum absolute atomic E-state index is 0.0888. The number of benzene rings is 2. The highest BCUT2D eigenvalue weighted by molar-refractivity contribution is 5.58. The van der Waals surface area contributed by atoms with Gasteiger partial charge in [0.2, 0.25) is 11.8 Å². The highest BCUT2D eigenvalue weighted by Crippen LogP contribution is 2.30. The van der Waals surface area contributed by atoms with Crippen LogP contribution in [0.4, 0.5) is 5.69 Å². The molecule has 0 N–H and O–H groups in total. The molecule has 6 nitrogen and oxygen atoms in total. The molecule has 0 saturated carbocycles. The normalized spacial score (nSPS) is 16.2. The lowest BCUT2D eigenvalue weighted by molar-refractivity contribution is 0.173. The lowest BCUT2D eigenvalue weighted by atomic mass is 10.1. The van der Waals surface area contributed by atoms with Gasteiger partial charge in [-0.25, -0.2) is 0 Å². The first-order chi connectivity index (χ1) is 13.7. The van der Waals surface area contributed by atoms with Crippen LogP contribution in [-0.2, 0) is 0 Å². The van der Waals surface area contributed by atoms with Crippen LogP contribution in [0.2, 0.25) is 0 Å². The van der Waals surface area contributed by atoms with Gasteiger partial charge < -0.3 is 14.1 Å². The Morgan fingerprint density at radius 2 is 1.79 bits per heavy atom. The molecule has 1 fully saturated rings. The molecule has 0 radical (unpaired) electrons. The number of hydrogen-bond acceptors (Lipinski definition) is 6. The summed E-state index contributed by atoms with van der Waals surface area (Å²) < 4.78 is 11.5. The van der Waals surface area contributed by atoms with Crippen LogP contribution in [0, 0.1) is 6.92 Å². The second-order valence-corrected chi connectivity index (χ2v) is 7.19. The first kappa shape index (κ1) is 18.5. The minimum Gasteiger partial charge on any atom is -0.495 e. The van der Waals surface area contributed by atoms with Crippen molar-refractivity contribution < 1.29 is 9.15 Å². The number of ether oxygens (including phenoxy) is 1. The van der Waals surface area contributed by atoms with Gasteiger partial charge in [-0.15, -0.1) is 10.2 Å². The SMILES string of the molecule is COc1ccccc1N1CCN([C@H](C)c2nnc(-c3cccc(C)c3)o2)CC1. The lowest BCUT2D eigenvalue weighted by Crippen LogP contribution is -2.47. The molecule has 146 valence electrons. The maximum atomic E-state index is 5.99. The Kier molecular flexibility index (Phi) is 5.30. The summed E-state index contributed by atoms with van der Waals surface area (Å²) in [5, 5.41) is 8.57. The van der Waals surface area contributed by atoms with Crippen LogP contribution in [0.15, 0.2) is 52.9 Å². The third-order valence-corrected chi connectivity index (χ3v) is 5.35. The minimum atomic E-state index is 0.0888. The van der Waals surface area contributed by atoms with Crippen molar-refractivity contribution >= 4 is 5.69 Å². The van der Waals surface area contributed by atoms with E-state index in [1.54, 1.807) is 7.11 Å². The summed E-state index contributed by atoms with van der Waals surface area (Å²) in [6.45, 7) is 7.92. The molecule has 4 rings (SSSR count). The Labute approximate surface area is 165 Å². The third kappa shape index (κ3) is 3.73. The van der Waals surface area contributed by atoms with E-state index in [9.17, 15) is 0 Å². The number of para-hydroxylation sites is 2. The Balaban J connectivity index is 1.42. The average molecular weight is 378 g/mol. The number of hydrogen-bond donors (Lipinski definition) is 0. The topological polar surface area (TPSA) is 54.6 Å². The molecule has 0 aliphatic carbocycles. The van der Waals surface area contributed by atoms with Crippen LogP contribution in [0.3, 0.4) is 0 Å². The van der Waals surface area contributed by atoms with Gasteiger partial charge in [0.05, 0.1) is 18.8 Å². The quantitative estimate of drug-likeness (QED) is 0.670. The maximum Gasteiger partial charge on any atom is 0.247 e. The summed E-state index contributed by atoms with van der Waals surface area (Å²) in [6.07, 6.45) is 0. The standard InChI is InChI=1S/C22H26N4O2/c1-16-7-6-8-18(15-16)22-24-23-21(28-22)17(2)25-11-13-26(14-12-25)19-9-4-5-10-20(19)27-3/h4-10,15,17H,11-14H2,1-3H3/t17-/m1/s1. The van der Waals surface area contributed by atoms with Gasteiger partial charge >= 0.3 is 0 Å². The Hall–Kier alpha value is -2.86. The van der Waals surface area contributed by atoms with Crippen molar-refractivity contribution in [3.05, 3.63) is 60.0 Å². The van der Waals surface area contributed by atoms with Crippen LogP contribution in [0.5, 0.6) is 5.75 Å². The second-order valence-electron chi connectivity index (χ2n) is 7.19. The Morgan fingerprint density at radius 1 is 1.00 bits per heavy atom. The number of rotatable bonds is 5. The summed E-state index contributed by atoms with van der Waals surface area (Å²) in [4.78, 5) is 4.76. The van der Waals surface area contributed by atoms with Gasteiger partial charge in [0, 0.05) is 31.7 Å². The molecule has 0 spiro atoms. The zero-order valence-electron chi connectivity index (χ0n) is 16.6. The highest BCUT2D eigenvalue weighted by Gasteiger charge is 2.26. The number of methoxy groups -OCH3 is 1. The number of anilines is 1. The van der Waals surface area contributed by atoms with Crippen molar-refractivity contribution in [2.24, 2.45) is 0 Å². The summed E-state index contributed by atoms with van der Waals surface area (Å²) >= 11 is 0. The van der Waals surface area contributed by atoms with Gasteiger partial charge in [-0.2, -0.15) is 0 Å². The predicted molar refractivity (Wildman–Crippen MR) is 110 cm³/mol. The molecule has 1 atom stereocenters. The Bertz CT molecular complexity index is 932. The van der Waals surface area contributed by atoms with Crippen LogP contribution in [0.25, 0.3) is 11.5 Å². The first-order valence-electron chi connectivity index (χ1n) is 9.68. The molecule has 0 bridgehead atoms. The van der Waals surface area contributed by atoms with Crippen molar-refractivity contribution in [2.75, 3.05) is 38.2 Å². The van der Waals surface area contributed by atoms with Crippen LogP contribution < -0.4 is 9.64 Å². The lowest BCUT2D eigenvalue weighted by Gasteiger charge is -2.38. The molecular formula is C22H26N4O2. The molecule has 1 saturated heterocycles. The van der Waals surface area contributed by atoms with Crippen LogP contribution >= 0.6 is 0 Å². The average Bonchev–Trinajstić information content (AvgIpc) is 3.24. The number of aromatic nitrogens is 2. The highest BCUT2D eigenvalue weighted by atomic mass is 16.5. The van der Waals surface area contributed by atoms with Crippen molar-refractivity contribution in [1.29, 1.82) is 0 Å². The van der Waals surface area contributed by atoms with Crippen molar-refractivity contribution in [3.8, 4) is 17.2 Å². The van der Waals surface area contributed by atoms with Crippen molar-refractivity contribution in [3.63, 3.8) is 0 Å². The van der Waals surface area contributed by atoms with E-state index in [2.05, 4.69) is 58.1 Å². The molecule has 0 unspecified atom stereocenters. The third-order valence-electron chi connectivity index (χ3n) is 5.35. The van der Waals surface area contributed by atoms with Gasteiger partial charge in [0.15, 0.2) is 0 Å². The smallest absolute Gasteiger partial charge is 0.247 e. The molecule has 3 aromatic rings. The van der Waals surface area contributed by atoms with E-state index < -0.39 is 0 Å². The van der Waals surface area contributed by atoms with Gasteiger partial charge in [0.25, 0.3) is 0 Å². The molecule has 1 aliphatic rings. The van der Waals surface area contributed by atoms with Gasteiger partial charge in [0.1, 0.15) is 5.75 Å². The second kappa shape index (κ2) is 8.02. The molecular weight excluding hydrogens is 352 g/mol. The van der Waals surface area contributed by atoms with Gasteiger partial charge in [-0.1, -0.05) is 29.8 Å². The largest absolute Gasteiger partial charge is 0.495 e. The Morgan fingerprint density at radius 3 is 2.54 bits per heavy atom. The van der Waals surface area contributed by atoms with Crippen LogP contribution in [-0.4, -0.2) is 48.4 Å². The monoisotopic (exact) mass is 378 g/mol. The fourth-order valence-electron chi connectivity index (χ4n) is 3.70. The maximum absolute atomic E-state index is 5.99. The van der Waals surface area contributed by atoms with Crippen molar-refractivity contribution in [1.82, 2.24) is 15.1 Å². The van der Waals surface area contributed by atoms with E-state index >= 15 is 0 Å². The molecule has 6 heteroatoms. The fraction of sp³-hybridized carbons (Fsp3) is 0.364. The summed E-state index contributed by atoms with van der Waals surface area (Å²) in [5.74, 6) is 2.17. The molecule has 1 aliphatic heterocycles. The molecule has 2 heterocycles. The van der Waals surface area contributed by atoms with Gasteiger partial charge in [-0.05, 0) is 38.1 Å². The number of nitrogens with zero attached hydrogens (tertiary/aromatic N) is 4. The summed E-state index contributed by atoms with van der Waals surface area (Å²) in [5.41, 5.74) is 3.29. The van der Waals surface area contributed by atoms with E-state index in [1.807, 2.05) is 24.3 Å². The van der Waals surface area contributed by atoms with E-state index in [-0.39, 0.29) is 6.04 Å². The zero-order valence-corrected chi connectivity index (χ0v) is 16.6. The summed E-state index contributed by atoms with van der Waals surface area (Å²) in [7, 11) is 1.72. The van der Waals surface area contributed by atoms with E-state index in [4.69, 9.17) is 9.15 Å². The zero-order chi connectivity index (χ0) is 19.5. The van der Waals surface area contributed by atoms with Crippen molar-refractivity contribution in [2.45, 2.75) is 19.9 Å². The number of aryl methyl sites for hydroxylation is 1. The first-order valence-corrected chi connectivity index (χ1v) is 9.68. The van der Waals surface area contributed by atoms with Gasteiger partial charge in [-0.3, -0.25) is 4.90 Å². The van der Waals surface area contributed by atoms with E-state index in [0.29, 0.717) is 11.8 Å². The van der Waals surface area contributed by atoms with E-state index in [0.717, 1.165) is 43.2 Å². The number of piperazine rings is 1. The molecule has 0 amide bonds. The summed E-state index contributed by atoms with van der Waals surface area (Å²) in [6, 6.07) is 16.4. The van der Waals surface area contributed by atoms with Crippen LogP contribution in [0.1, 0.15) is 24.4 Å². The molecule has 1 aromatic heterocycles. The fourth-order valence-corrected chi connectivity index (χ4v) is 3.70. The molecule has 2 aromatic carbocycles. The predicted octanol–water partition coefficient (Wildman–Crippen LogP) is 3.94.